The van der Waals surface area contributed by atoms with Crippen molar-refractivity contribution >= 4 is 34.6 Å². The molecule has 3 aliphatic rings. The molecule has 7 rings (SSSR count). The van der Waals surface area contributed by atoms with E-state index in [2.05, 4.69) is 0 Å². The molecule has 1 atom stereocenters. The van der Waals surface area contributed by atoms with Crippen LogP contribution in [0.4, 0.5) is 23.7 Å². The van der Waals surface area contributed by atoms with E-state index in [0.29, 0.717) is 11.3 Å². The Morgan fingerprint density at radius 2 is 1.66 bits per heavy atom. The average Bonchev–Trinajstić information content (AvgIpc) is 3.34. The number of imide groups is 1. The smallest absolute Gasteiger partial charge is 0.410 e. The second kappa shape index (κ2) is 12.6. The summed E-state index contributed by atoms with van der Waals surface area (Å²) in [7, 11) is 2.92. The van der Waals surface area contributed by atoms with Crippen LogP contribution in [-0.2, 0) is 34.5 Å². The molecule has 3 saturated heterocycles. The van der Waals surface area contributed by atoms with E-state index < -0.39 is 47.4 Å². The number of methoxy groups -OCH3 is 1. The topological polar surface area (TPSA) is 106 Å². The number of aromatic nitrogens is 2. The number of carbonyl (C=O) groups is 3. The maximum absolute atomic E-state index is 16.3. The van der Waals surface area contributed by atoms with E-state index in [1.54, 1.807) is 48.5 Å². The fourth-order valence-electron chi connectivity index (χ4n) is 7.33. The Morgan fingerprint density at radius 3 is 2.34 bits per heavy atom. The van der Waals surface area contributed by atoms with Gasteiger partial charge in [-0.25, -0.2) is 22.8 Å². The standard InChI is InChI=1S/C36H36F3N5O6/c1-40-31-27(44(33(40)47)28-14-15-29(45)43(32(28)46)18-23-8-10-25(49-2)11-9-23)13-12-26(30(31)37)42-20-35(21-42)16-17-41(22-36(35,38)39)34(48)50-19-24-6-4-3-5-7-24/h3-13,28H,14-22H2,1-2H3. The summed E-state index contributed by atoms with van der Waals surface area (Å²) in [5.74, 6) is -4.34. The molecule has 3 amide bonds. The summed E-state index contributed by atoms with van der Waals surface area (Å²) in [5, 5.41) is 0. The minimum atomic E-state index is -3.25. The summed E-state index contributed by atoms with van der Waals surface area (Å²) in [6.45, 7) is -1.04. The van der Waals surface area contributed by atoms with Crippen molar-refractivity contribution in [3.8, 4) is 5.75 Å². The number of amides is 3. The van der Waals surface area contributed by atoms with Crippen LogP contribution in [0.25, 0.3) is 11.0 Å². The predicted molar refractivity (Wildman–Crippen MR) is 176 cm³/mol. The van der Waals surface area contributed by atoms with Gasteiger partial charge in [-0.2, -0.15) is 0 Å². The van der Waals surface area contributed by atoms with Crippen LogP contribution in [0.5, 0.6) is 5.75 Å². The van der Waals surface area contributed by atoms with Crippen molar-refractivity contribution < 1.29 is 37.0 Å². The summed E-state index contributed by atoms with van der Waals surface area (Å²) in [5.41, 5.74) is -0.498. The number of rotatable bonds is 7. The monoisotopic (exact) mass is 691 g/mol. The molecule has 1 unspecified atom stereocenters. The Kier molecular flexibility index (Phi) is 8.35. The lowest BCUT2D eigenvalue weighted by Gasteiger charge is -2.57. The van der Waals surface area contributed by atoms with Gasteiger partial charge in [-0.1, -0.05) is 42.5 Å². The quantitative estimate of drug-likeness (QED) is 0.255. The number of likely N-dealkylation sites (tertiary alicyclic amines) is 2. The van der Waals surface area contributed by atoms with Crippen LogP contribution in [-0.4, -0.2) is 76.1 Å². The molecule has 0 aliphatic carbocycles. The number of ether oxygens (including phenoxy) is 2. The number of aryl methyl sites for hydroxylation is 1. The molecule has 0 radical (unpaired) electrons. The SMILES string of the molecule is COc1ccc(CN2C(=O)CCC(n3c(=O)n(C)c4c(F)c(N5CC6(CCN(C(=O)OCc7ccccc7)CC6(F)F)C5)ccc43)C2=O)cc1. The third-order valence-electron chi connectivity index (χ3n) is 10.3. The van der Waals surface area contributed by atoms with Gasteiger partial charge < -0.3 is 19.3 Å². The number of hydrogen-bond donors (Lipinski definition) is 0. The van der Waals surface area contributed by atoms with Gasteiger partial charge in [0.2, 0.25) is 5.91 Å². The minimum Gasteiger partial charge on any atom is -0.497 e. The third-order valence-corrected chi connectivity index (χ3v) is 10.3. The van der Waals surface area contributed by atoms with Gasteiger partial charge >= 0.3 is 11.8 Å². The van der Waals surface area contributed by atoms with Crippen LogP contribution in [0.2, 0.25) is 0 Å². The predicted octanol–water partition coefficient (Wildman–Crippen LogP) is 4.86. The summed E-state index contributed by atoms with van der Waals surface area (Å²) in [4.78, 5) is 56.3. The van der Waals surface area contributed by atoms with Crippen molar-refractivity contribution in [3.63, 3.8) is 0 Å². The molecule has 0 bridgehead atoms. The molecule has 3 aliphatic heterocycles. The number of fused-ring (bicyclic) bond motifs is 1. The summed E-state index contributed by atoms with van der Waals surface area (Å²) in [6.07, 6.45) is -0.723. The molecule has 0 N–H and O–H groups in total. The molecule has 50 heavy (non-hydrogen) atoms. The highest BCUT2D eigenvalue weighted by Crippen LogP contribution is 2.52. The number of imidazole rings is 1. The van der Waals surface area contributed by atoms with E-state index in [9.17, 15) is 19.2 Å². The highest BCUT2D eigenvalue weighted by atomic mass is 19.3. The Labute approximate surface area is 285 Å². The first-order chi connectivity index (χ1) is 23.9. The lowest BCUT2D eigenvalue weighted by Crippen LogP contribution is -2.70. The van der Waals surface area contributed by atoms with Gasteiger partial charge in [0.25, 0.3) is 11.8 Å². The highest BCUT2D eigenvalue weighted by Gasteiger charge is 2.63. The molecule has 4 heterocycles. The van der Waals surface area contributed by atoms with Gasteiger partial charge in [-0.15, -0.1) is 0 Å². The second-order valence-corrected chi connectivity index (χ2v) is 13.3. The van der Waals surface area contributed by atoms with Crippen LogP contribution in [0, 0.1) is 11.2 Å². The molecule has 3 aromatic carbocycles. The maximum atomic E-state index is 16.3. The number of anilines is 1. The molecular formula is C36H36F3N5O6. The van der Waals surface area contributed by atoms with E-state index >= 15 is 13.2 Å². The highest BCUT2D eigenvalue weighted by molar-refractivity contribution is 6.00. The van der Waals surface area contributed by atoms with Crippen LogP contribution >= 0.6 is 0 Å². The lowest BCUT2D eigenvalue weighted by atomic mass is 9.69. The van der Waals surface area contributed by atoms with Crippen LogP contribution < -0.4 is 15.3 Å². The lowest BCUT2D eigenvalue weighted by molar-refractivity contribution is -0.175. The first kappa shape index (κ1) is 33.2. The van der Waals surface area contributed by atoms with Gasteiger partial charge in [0.15, 0.2) is 5.82 Å². The third kappa shape index (κ3) is 5.56. The Morgan fingerprint density at radius 1 is 0.940 bits per heavy atom. The van der Waals surface area contributed by atoms with Gasteiger partial charge in [0.05, 0.1) is 36.8 Å². The normalized spacial score (nSPS) is 19.9. The van der Waals surface area contributed by atoms with Crippen molar-refractivity contribution in [2.45, 2.75) is 44.4 Å². The summed E-state index contributed by atoms with van der Waals surface area (Å²) in [6, 6.07) is 17.8. The van der Waals surface area contributed by atoms with E-state index in [-0.39, 0.29) is 74.7 Å². The molecule has 3 fully saturated rings. The molecule has 1 aromatic heterocycles. The van der Waals surface area contributed by atoms with Crippen molar-refractivity contribution in [2.75, 3.05) is 38.2 Å². The van der Waals surface area contributed by atoms with Crippen molar-refractivity contribution in [1.29, 1.82) is 0 Å². The second-order valence-electron chi connectivity index (χ2n) is 13.3. The zero-order chi connectivity index (χ0) is 35.4. The molecule has 0 saturated carbocycles. The largest absolute Gasteiger partial charge is 0.497 e. The first-order valence-electron chi connectivity index (χ1n) is 16.4. The zero-order valence-electron chi connectivity index (χ0n) is 27.6. The average molecular weight is 692 g/mol. The van der Waals surface area contributed by atoms with Gasteiger partial charge in [-0.3, -0.25) is 23.6 Å². The Bertz CT molecular complexity index is 2020. The number of nitrogens with zero attached hydrogens (tertiary/aromatic N) is 5. The molecule has 11 nitrogen and oxygen atoms in total. The van der Waals surface area contributed by atoms with Gasteiger partial charge in [-0.05, 0) is 48.2 Å². The van der Waals surface area contributed by atoms with E-state index in [0.717, 1.165) is 19.9 Å². The van der Waals surface area contributed by atoms with E-state index in [1.165, 1.54) is 35.8 Å². The number of carbonyl (C=O) groups excluding carboxylic acids is 3. The van der Waals surface area contributed by atoms with Crippen LogP contribution in [0.3, 0.4) is 0 Å². The molecule has 1 spiro atoms. The molecular weight excluding hydrogens is 655 g/mol. The number of hydrogen-bond acceptors (Lipinski definition) is 7. The number of alkyl halides is 2. The number of piperidine rings is 2. The summed E-state index contributed by atoms with van der Waals surface area (Å²) >= 11 is 0. The summed E-state index contributed by atoms with van der Waals surface area (Å²) < 4.78 is 60.3. The fraction of sp³-hybridized carbons (Fsp3) is 0.389. The Hall–Kier alpha value is -5.27. The van der Waals surface area contributed by atoms with Crippen LogP contribution in [0.15, 0.2) is 71.5 Å². The minimum absolute atomic E-state index is 0.00413. The molecule has 14 heteroatoms. The van der Waals surface area contributed by atoms with Gasteiger partial charge in [0, 0.05) is 33.1 Å². The maximum Gasteiger partial charge on any atom is 0.410 e. The van der Waals surface area contributed by atoms with Crippen molar-refractivity contribution in [3.05, 3.63) is 94.2 Å². The zero-order valence-corrected chi connectivity index (χ0v) is 27.6. The van der Waals surface area contributed by atoms with Gasteiger partial charge in [0.1, 0.15) is 23.9 Å². The fourth-order valence-corrected chi connectivity index (χ4v) is 7.33. The van der Waals surface area contributed by atoms with Crippen LogP contribution in [0.1, 0.15) is 36.4 Å². The molecule has 262 valence electrons. The van der Waals surface area contributed by atoms with Crippen molar-refractivity contribution in [1.82, 2.24) is 18.9 Å². The van der Waals surface area contributed by atoms with Crippen molar-refractivity contribution in [2.24, 2.45) is 12.5 Å². The van der Waals surface area contributed by atoms with E-state index in [1.807, 2.05) is 6.07 Å². The molecule has 4 aromatic rings. The first-order valence-corrected chi connectivity index (χ1v) is 16.4. The Balaban J connectivity index is 1.07. The van der Waals surface area contributed by atoms with E-state index in [4.69, 9.17) is 9.47 Å². The number of halogens is 3. The number of benzene rings is 3.